The Kier molecular flexibility index (Phi) is 7.23. The molecule has 1 atom stereocenters. The van der Waals surface area contributed by atoms with Gasteiger partial charge in [-0.25, -0.2) is 4.98 Å². The van der Waals surface area contributed by atoms with Crippen LogP contribution in [0.15, 0.2) is 53.8 Å². The molecule has 1 N–H and O–H groups in total. The van der Waals surface area contributed by atoms with E-state index in [1.54, 1.807) is 11.1 Å². The second-order valence-corrected chi connectivity index (χ2v) is 8.86. The molecule has 1 aromatic carbocycles. The number of carbonyl (C=O) groups excluding carboxylic acids is 2. The minimum Gasteiger partial charge on any atom is -0.494 e. The quantitative estimate of drug-likeness (QED) is 0.483. The Morgan fingerprint density at radius 2 is 2.03 bits per heavy atom. The van der Waals surface area contributed by atoms with Crippen LogP contribution in [-0.4, -0.2) is 54.9 Å². The van der Waals surface area contributed by atoms with Crippen LogP contribution < -0.4 is 10.1 Å². The van der Waals surface area contributed by atoms with E-state index in [1.807, 2.05) is 60.9 Å². The van der Waals surface area contributed by atoms with Gasteiger partial charge in [-0.2, -0.15) is 0 Å². The number of nitrogens with zero attached hydrogens (tertiary/aromatic N) is 5. The molecule has 1 unspecified atom stereocenters. The predicted octanol–water partition coefficient (Wildman–Crippen LogP) is 3.30. The van der Waals surface area contributed by atoms with Crippen molar-refractivity contribution >= 4 is 29.3 Å². The van der Waals surface area contributed by atoms with Crippen molar-refractivity contribution in [2.75, 3.05) is 18.5 Å². The molecule has 0 radical (unpaired) electrons. The summed E-state index contributed by atoms with van der Waals surface area (Å²) in [6, 6.07) is 12.8. The van der Waals surface area contributed by atoms with Gasteiger partial charge in [0.25, 0.3) is 0 Å². The van der Waals surface area contributed by atoms with Gasteiger partial charge in [-0.1, -0.05) is 17.8 Å². The van der Waals surface area contributed by atoms with E-state index in [0.717, 1.165) is 12.2 Å². The van der Waals surface area contributed by atoms with Gasteiger partial charge >= 0.3 is 0 Å². The smallest absolute Gasteiger partial charge is 0.237 e. The molecule has 1 fully saturated rings. The maximum Gasteiger partial charge on any atom is 0.237 e. The summed E-state index contributed by atoms with van der Waals surface area (Å²) in [7, 11) is 0. The van der Waals surface area contributed by atoms with E-state index in [0.29, 0.717) is 48.6 Å². The molecule has 1 aliphatic heterocycles. The fourth-order valence-electron chi connectivity index (χ4n) is 3.49. The van der Waals surface area contributed by atoms with E-state index in [-0.39, 0.29) is 11.8 Å². The van der Waals surface area contributed by atoms with E-state index in [1.165, 1.54) is 11.8 Å². The minimum atomic E-state index is -0.440. The number of nitrogens with one attached hydrogen (secondary N) is 1. The number of thioether (sulfide) groups is 1. The molecule has 0 aliphatic carbocycles. The molecule has 172 valence electrons. The molecule has 0 bridgehead atoms. The molecule has 4 rings (SSSR count). The number of hydrogen-bond donors (Lipinski definition) is 1. The van der Waals surface area contributed by atoms with E-state index in [4.69, 9.17) is 4.74 Å². The summed E-state index contributed by atoms with van der Waals surface area (Å²) in [5.74, 6) is 1.97. The number of likely N-dealkylation sites (tertiary alicyclic amines) is 1. The fraction of sp³-hybridized carbons (Fsp3) is 0.348. The van der Waals surface area contributed by atoms with Gasteiger partial charge in [-0.05, 0) is 56.7 Å². The molecule has 9 nitrogen and oxygen atoms in total. The monoisotopic (exact) mass is 466 g/mol. The van der Waals surface area contributed by atoms with E-state index in [2.05, 4.69) is 20.5 Å². The van der Waals surface area contributed by atoms with Crippen molar-refractivity contribution in [1.82, 2.24) is 24.6 Å². The van der Waals surface area contributed by atoms with Gasteiger partial charge in [-0.3, -0.25) is 14.2 Å². The standard InChI is InChI=1S/C23H26N6O3S/c1-3-32-18-11-9-17(10-12-18)25-22(31)16(2)33-23-27-26-20(15-28-14-6-8-21(28)30)29(23)19-7-4-5-13-24-19/h4-5,7,9-13,16H,3,6,8,14-15H2,1-2H3,(H,25,31). The van der Waals surface area contributed by atoms with Gasteiger partial charge in [0, 0.05) is 24.8 Å². The lowest BCUT2D eigenvalue weighted by molar-refractivity contribution is -0.128. The van der Waals surface area contributed by atoms with Gasteiger partial charge in [0.2, 0.25) is 11.8 Å². The van der Waals surface area contributed by atoms with E-state index in [9.17, 15) is 9.59 Å². The average molecular weight is 467 g/mol. The summed E-state index contributed by atoms with van der Waals surface area (Å²) in [6.45, 7) is 5.39. The molecular formula is C23H26N6O3S. The van der Waals surface area contributed by atoms with Crippen LogP contribution >= 0.6 is 11.8 Å². The van der Waals surface area contributed by atoms with Crippen molar-refractivity contribution in [3.63, 3.8) is 0 Å². The first-order valence-electron chi connectivity index (χ1n) is 10.9. The Morgan fingerprint density at radius 3 is 2.70 bits per heavy atom. The molecule has 33 heavy (non-hydrogen) atoms. The van der Waals surface area contributed by atoms with Crippen molar-refractivity contribution in [2.45, 2.75) is 43.6 Å². The number of rotatable bonds is 9. The molecule has 0 saturated carbocycles. The second kappa shape index (κ2) is 10.5. The third-order valence-electron chi connectivity index (χ3n) is 5.17. The second-order valence-electron chi connectivity index (χ2n) is 7.55. The Labute approximate surface area is 196 Å². The lowest BCUT2D eigenvalue weighted by atomic mass is 10.3. The molecule has 1 aliphatic rings. The highest BCUT2D eigenvalue weighted by molar-refractivity contribution is 8.00. The zero-order valence-corrected chi connectivity index (χ0v) is 19.4. The molecule has 2 aromatic heterocycles. The van der Waals surface area contributed by atoms with Crippen molar-refractivity contribution in [3.8, 4) is 11.6 Å². The van der Waals surface area contributed by atoms with Gasteiger partial charge in [-0.15, -0.1) is 10.2 Å². The Morgan fingerprint density at radius 1 is 1.21 bits per heavy atom. The first-order chi connectivity index (χ1) is 16.0. The maximum absolute atomic E-state index is 12.8. The maximum atomic E-state index is 12.8. The number of anilines is 1. The fourth-order valence-corrected chi connectivity index (χ4v) is 4.37. The van der Waals surface area contributed by atoms with Crippen LogP contribution in [0.4, 0.5) is 5.69 Å². The topological polar surface area (TPSA) is 102 Å². The van der Waals surface area contributed by atoms with E-state index < -0.39 is 5.25 Å². The summed E-state index contributed by atoms with van der Waals surface area (Å²) >= 11 is 1.29. The molecule has 0 spiro atoms. The van der Waals surface area contributed by atoms with Crippen LogP contribution in [-0.2, 0) is 16.1 Å². The Hall–Kier alpha value is -3.40. The third-order valence-corrected chi connectivity index (χ3v) is 6.21. The van der Waals surface area contributed by atoms with Crippen LogP contribution in [0.5, 0.6) is 5.75 Å². The van der Waals surface area contributed by atoms with Crippen LogP contribution in [0.2, 0.25) is 0 Å². The largest absolute Gasteiger partial charge is 0.494 e. The average Bonchev–Trinajstić information content (AvgIpc) is 3.41. The summed E-state index contributed by atoms with van der Waals surface area (Å²) < 4.78 is 7.26. The molecule has 10 heteroatoms. The van der Waals surface area contributed by atoms with Crippen molar-refractivity contribution < 1.29 is 14.3 Å². The number of pyridine rings is 1. The van der Waals surface area contributed by atoms with Crippen LogP contribution in [0.25, 0.3) is 5.82 Å². The summed E-state index contributed by atoms with van der Waals surface area (Å²) in [4.78, 5) is 31.1. The SMILES string of the molecule is CCOc1ccc(NC(=O)C(C)Sc2nnc(CN3CCCC3=O)n2-c2ccccn2)cc1. The van der Waals surface area contributed by atoms with Gasteiger partial charge in [0.15, 0.2) is 11.0 Å². The number of carbonyl (C=O) groups is 2. The zero-order chi connectivity index (χ0) is 23.2. The van der Waals surface area contributed by atoms with Crippen LogP contribution in [0, 0.1) is 0 Å². The minimum absolute atomic E-state index is 0.114. The van der Waals surface area contributed by atoms with Crippen molar-refractivity contribution in [3.05, 3.63) is 54.5 Å². The number of benzene rings is 1. The molecule has 2 amide bonds. The van der Waals surface area contributed by atoms with Gasteiger partial charge < -0.3 is 15.0 Å². The van der Waals surface area contributed by atoms with Gasteiger partial charge in [0.05, 0.1) is 18.4 Å². The Bertz CT molecular complexity index is 1100. The summed E-state index contributed by atoms with van der Waals surface area (Å²) in [5, 5.41) is 11.7. The third kappa shape index (κ3) is 5.51. The lowest BCUT2D eigenvalue weighted by Gasteiger charge is -2.17. The lowest BCUT2D eigenvalue weighted by Crippen LogP contribution is -2.26. The highest BCUT2D eigenvalue weighted by Gasteiger charge is 2.26. The molecule has 3 heterocycles. The number of ether oxygens (including phenoxy) is 1. The van der Waals surface area contributed by atoms with Crippen LogP contribution in [0.1, 0.15) is 32.5 Å². The number of aromatic nitrogens is 4. The predicted molar refractivity (Wildman–Crippen MR) is 125 cm³/mol. The van der Waals surface area contributed by atoms with Crippen molar-refractivity contribution in [1.29, 1.82) is 0 Å². The van der Waals surface area contributed by atoms with Crippen LogP contribution in [0.3, 0.4) is 0 Å². The highest BCUT2D eigenvalue weighted by Crippen LogP contribution is 2.27. The molecular weight excluding hydrogens is 440 g/mol. The summed E-state index contributed by atoms with van der Waals surface area (Å²) in [5.41, 5.74) is 0.690. The first-order valence-corrected chi connectivity index (χ1v) is 11.8. The Balaban J connectivity index is 1.50. The van der Waals surface area contributed by atoms with E-state index >= 15 is 0 Å². The summed E-state index contributed by atoms with van der Waals surface area (Å²) in [6.07, 6.45) is 3.10. The van der Waals surface area contributed by atoms with Gasteiger partial charge in [0.1, 0.15) is 11.6 Å². The zero-order valence-electron chi connectivity index (χ0n) is 18.6. The molecule has 1 saturated heterocycles. The first kappa shape index (κ1) is 22.8. The number of amides is 2. The highest BCUT2D eigenvalue weighted by atomic mass is 32.2. The van der Waals surface area contributed by atoms with Crippen molar-refractivity contribution in [2.24, 2.45) is 0 Å². The number of hydrogen-bond acceptors (Lipinski definition) is 7. The normalized spacial score (nSPS) is 14.4. The molecule has 3 aromatic rings.